The standard InChI is InChI=1S/C34H48F2/c1-3-5-7-9-25-13-18-28(19-14-25)29-20-15-26(16-21-29)11-12-27-17-22-30-24-31(10-8-6-4-2)33(35)34(36)32(30)23-27/h4,6,17,22-26,28-29H,3,5,7-16,18-21H2,1-2H3/b6-4+. The van der Waals surface area contributed by atoms with Gasteiger partial charge >= 0.3 is 0 Å². The molecule has 4 rings (SSSR count). The minimum Gasteiger partial charge on any atom is -0.203 e. The normalized spacial score (nSPS) is 25.1. The van der Waals surface area contributed by atoms with Gasteiger partial charge in [-0.25, -0.2) is 8.78 Å². The van der Waals surface area contributed by atoms with Crippen LogP contribution in [0.3, 0.4) is 0 Å². The van der Waals surface area contributed by atoms with Crippen LogP contribution in [0.25, 0.3) is 10.8 Å². The molecule has 0 spiro atoms. The summed E-state index contributed by atoms with van der Waals surface area (Å²) in [6, 6.07) is 7.84. The first-order chi connectivity index (χ1) is 17.6. The van der Waals surface area contributed by atoms with Crippen molar-refractivity contribution in [2.45, 2.75) is 117 Å². The Morgan fingerprint density at radius 1 is 0.778 bits per heavy atom. The van der Waals surface area contributed by atoms with E-state index >= 15 is 0 Å². The number of allylic oxidation sites excluding steroid dienone is 2. The van der Waals surface area contributed by atoms with Crippen LogP contribution in [0.15, 0.2) is 36.4 Å². The third-order valence-corrected chi connectivity index (χ3v) is 9.48. The summed E-state index contributed by atoms with van der Waals surface area (Å²) in [7, 11) is 0. The number of hydrogen-bond donors (Lipinski definition) is 0. The molecule has 2 aromatic carbocycles. The highest BCUT2D eigenvalue weighted by Crippen LogP contribution is 2.43. The van der Waals surface area contributed by atoms with Crippen molar-refractivity contribution in [3.63, 3.8) is 0 Å². The molecule has 0 unspecified atom stereocenters. The lowest BCUT2D eigenvalue weighted by molar-refractivity contribution is 0.140. The third-order valence-electron chi connectivity index (χ3n) is 9.48. The largest absolute Gasteiger partial charge is 0.203 e. The maximum Gasteiger partial charge on any atom is 0.166 e. The van der Waals surface area contributed by atoms with Gasteiger partial charge in [-0.1, -0.05) is 82.6 Å². The van der Waals surface area contributed by atoms with Crippen LogP contribution in [0.2, 0.25) is 0 Å². The first kappa shape index (κ1) is 27.3. The van der Waals surface area contributed by atoms with Gasteiger partial charge in [0.05, 0.1) is 0 Å². The Bertz CT molecular complexity index is 974. The molecule has 0 radical (unpaired) electrons. The molecule has 0 bridgehead atoms. The zero-order valence-electron chi connectivity index (χ0n) is 22.8. The van der Waals surface area contributed by atoms with Crippen molar-refractivity contribution in [1.82, 2.24) is 0 Å². The molecule has 0 saturated heterocycles. The van der Waals surface area contributed by atoms with Crippen LogP contribution in [-0.2, 0) is 12.8 Å². The third kappa shape index (κ3) is 7.20. The van der Waals surface area contributed by atoms with Gasteiger partial charge in [0, 0.05) is 5.39 Å². The zero-order chi connectivity index (χ0) is 25.3. The number of unbranched alkanes of at least 4 members (excludes halogenated alkanes) is 2. The second-order valence-corrected chi connectivity index (χ2v) is 11.9. The quantitative estimate of drug-likeness (QED) is 0.215. The summed E-state index contributed by atoms with van der Waals surface area (Å²) in [5.74, 6) is 2.39. The molecule has 2 aliphatic carbocycles. The second kappa shape index (κ2) is 13.7. The van der Waals surface area contributed by atoms with Crippen LogP contribution in [0.5, 0.6) is 0 Å². The number of hydrogen-bond acceptors (Lipinski definition) is 0. The van der Waals surface area contributed by atoms with E-state index in [2.05, 4.69) is 13.0 Å². The molecule has 36 heavy (non-hydrogen) atoms. The smallest absolute Gasteiger partial charge is 0.166 e. The van der Waals surface area contributed by atoms with Crippen molar-refractivity contribution >= 4 is 10.8 Å². The average molecular weight is 495 g/mol. The number of halogens is 2. The Labute approximate surface area is 219 Å². The van der Waals surface area contributed by atoms with Gasteiger partial charge in [-0.3, -0.25) is 0 Å². The lowest BCUT2D eigenvalue weighted by Gasteiger charge is -2.38. The molecule has 2 fully saturated rings. The molecule has 0 nitrogen and oxygen atoms in total. The van der Waals surface area contributed by atoms with Crippen LogP contribution in [-0.4, -0.2) is 0 Å². The highest BCUT2D eigenvalue weighted by atomic mass is 19.2. The summed E-state index contributed by atoms with van der Waals surface area (Å²) in [6.45, 7) is 4.25. The van der Waals surface area contributed by atoms with Crippen molar-refractivity contribution in [1.29, 1.82) is 0 Å². The van der Waals surface area contributed by atoms with Gasteiger partial charge in [-0.05, 0) is 111 Å². The minimum atomic E-state index is -0.676. The molecule has 2 saturated carbocycles. The fourth-order valence-corrected chi connectivity index (χ4v) is 7.12. The maximum atomic E-state index is 14.9. The fraction of sp³-hybridized carbons (Fsp3) is 0.647. The number of aryl methyl sites for hydroxylation is 2. The van der Waals surface area contributed by atoms with Crippen LogP contribution in [0.1, 0.15) is 115 Å². The zero-order valence-corrected chi connectivity index (χ0v) is 22.8. The molecule has 0 atom stereocenters. The fourth-order valence-electron chi connectivity index (χ4n) is 7.12. The van der Waals surface area contributed by atoms with Gasteiger partial charge in [-0.2, -0.15) is 0 Å². The number of rotatable bonds is 11. The van der Waals surface area contributed by atoms with Gasteiger partial charge in [0.2, 0.25) is 0 Å². The second-order valence-electron chi connectivity index (χ2n) is 11.9. The molecule has 0 aromatic heterocycles. The first-order valence-electron chi connectivity index (χ1n) is 15.1. The molecule has 0 N–H and O–H groups in total. The maximum absolute atomic E-state index is 14.9. The van der Waals surface area contributed by atoms with Gasteiger partial charge < -0.3 is 0 Å². The Balaban J connectivity index is 1.24. The Kier molecular flexibility index (Phi) is 10.4. The van der Waals surface area contributed by atoms with E-state index in [1.807, 2.05) is 37.3 Å². The molecule has 2 heteroatoms. The van der Waals surface area contributed by atoms with Gasteiger partial charge in [0.15, 0.2) is 11.6 Å². The summed E-state index contributed by atoms with van der Waals surface area (Å²) in [5.41, 5.74) is 1.62. The summed E-state index contributed by atoms with van der Waals surface area (Å²) in [6.07, 6.45) is 24.4. The van der Waals surface area contributed by atoms with Crippen molar-refractivity contribution in [2.75, 3.05) is 0 Å². The van der Waals surface area contributed by atoms with Crippen molar-refractivity contribution in [3.8, 4) is 0 Å². The SMILES string of the molecule is C/C=C/CCc1cc2ccc(CCC3CCC(C4CCC(CCCCC)CC4)CC3)cc2c(F)c1F. The predicted molar refractivity (Wildman–Crippen MR) is 150 cm³/mol. The summed E-state index contributed by atoms with van der Waals surface area (Å²) in [4.78, 5) is 0. The molecular formula is C34H48F2. The molecular weight excluding hydrogens is 446 g/mol. The first-order valence-corrected chi connectivity index (χ1v) is 15.1. The van der Waals surface area contributed by atoms with E-state index in [9.17, 15) is 8.78 Å². The Hall–Kier alpha value is -1.70. The van der Waals surface area contributed by atoms with Crippen molar-refractivity contribution in [3.05, 3.63) is 59.2 Å². The highest BCUT2D eigenvalue weighted by Gasteiger charge is 2.30. The average Bonchev–Trinajstić information content (AvgIpc) is 2.91. The van der Waals surface area contributed by atoms with E-state index in [1.54, 1.807) is 0 Å². The predicted octanol–water partition coefficient (Wildman–Crippen LogP) is 10.8. The summed E-state index contributed by atoms with van der Waals surface area (Å²) >= 11 is 0. The van der Waals surface area contributed by atoms with Crippen molar-refractivity contribution < 1.29 is 8.78 Å². The van der Waals surface area contributed by atoms with E-state index < -0.39 is 11.6 Å². The summed E-state index contributed by atoms with van der Waals surface area (Å²) in [5, 5.41) is 1.25. The number of benzene rings is 2. The van der Waals surface area contributed by atoms with Crippen LogP contribution < -0.4 is 0 Å². The van der Waals surface area contributed by atoms with Gasteiger partial charge in [-0.15, -0.1) is 0 Å². The molecule has 0 aliphatic heterocycles. The van der Waals surface area contributed by atoms with E-state index in [0.29, 0.717) is 17.4 Å². The van der Waals surface area contributed by atoms with Crippen molar-refractivity contribution in [2.24, 2.45) is 23.7 Å². The van der Waals surface area contributed by atoms with E-state index in [1.165, 1.54) is 83.5 Å². The van der Waals surface area contributed by atoms with Gasteiger partial charge in [0.25, 0.3) is 0 Å². The highest BCUT2D eigenvalue weighted by molar-refractivity contribution is 5.84. The van der Waals surface area contributed by atoms with Crippen LogP contribution in [0.4, 0.5) is 8.78 Å². The molecule has 0 amide bonds. The Morgan fingerprint density at radius 2 is 1.44 bits per heavy atom. The van der Waals surface area contributed by atoms with E-state index in [0.717, 1.165) is 47.5 Å². The molecule has 0 heterocycles. The lowest BCUT2D eigenvalue weighted by Crippen LogP contribution is -2.26. The lowest BCUT2D eigenvalue weighted by atomic mass is 9.68. The summed E-state index contributed by atoms with van der Waals surface area (Å²) < 4.78 is 29.5. The van der Waals surface area contributed by atoms with E-state index in [4.69, 9.17) is 0 Å². The van der Waals surface area contributed by atoms with Crippen LogP contribution >= 0.6 is 0 Å². The monoisotopic (exact) mass is 494 g/mol. The molecule has 2 aromatic rings. The Morgan fingerprint density at radius 3 is 2.08 bits per heavy atom. The number of fused-ring (bicyclic) bond motifs is 1. The van der Waals surface area contributed by atoms with Gasteiger partial charge in [0.1, 0.15) is 0 Å². The van der Waals surface area contributed by atoms with E-state index in [-0.39, 0.29) is 0 Å². The molecule has 2 aliphatic rings. The van der Waals surface area contributed by atoms with Crippen LogP contribution in [0, 0.1) is 35.3 Å². The topological polar surface area (TPSA) is 0 Å². The minimum absolute atomic E-state index is 0.439. The molecule has 198 valence electrons.